The van der Waals surface area contributed by atoms with Gasteiger partial charge in [-0.15, -0.1) is 0 Å². The highest BCUT2D eigenvalue weighted by atomic mass is 16.3. The van der Waals surface area contributed by atoms with Crippen molar-refractivity contribution in [3.63, 3.8) is 0 Å². The molecule has 0 amide bonds. The number of hydrogen-bond donors (Lipinski definition) is 4. The molecule has 0 heterocycles. The Hall–Kier alpha value is -3.60. The zero-order valence-electron chi connectivity index (χ0n) is 23.8. The summed E-state index contributed by atoms with van der Waals surface area (Å²) in [7, 11) is 0. The number of aromatic hydroxyl groups is 2. The van der Waals surface area contributed by atoms with E-state index < -0.39 is 12.2 Å². The molecule has 39 heavy (non-hydrogen) atoms. The van der Waals surface area contributed by atoms with Crippen molar-refractivity contribution in [1.82, 2.24) is 0 Å². The summed E-state index contributed by atoms with van der Waals surface area (Å²) in [6, 6.07) is 19.6. The first-order valence-corrected chi connectivity index (χ1v) is 13.6. The van der Waals surface area contributed by atoms with E-state index >= 15 is 0 Å². The molecule has 0 bridgehead atoms. The largest absolute Gasteiger partial charge is 0.507 e. The number of phenolic OH excluding ortho intramolecular Hbond substituents is 2. The Labute approximate surface area is 232 Å². The number of para-hydroxylation sites is 2. The number of rotatable bonds is 8. The molecule has 4 heteroatoms. The average Bonchev–Trinajstić information content (AvgIpc) is 2.82. The first-order valence-electron chi connectivity index (χ1n) is 13.6. The standard InChI is InChI=1S/C35H40O4/c1-20-13-22(3)32(23(4)14-20)30-11-7-9-26(34(30)38)17-28(36)19-29(37)18-27-10-8-12-31(35(27)39)33-24(5)15-21(2)16-25(33)6/h7-16,28-29,36-39H,17-19H2,1-6H3/t28-,29-/m1/s1. The fraction of sp³-hybridized carbons (Fsp3) is 0.314. The van der Waals surface area contributed by atoms with Crippen molar-refractivity contribution >= 4 is 0 Å². The van der Waals surface area contributed by atoms with Crippen LogP contribution in [0.3, 0.4) is 0 Å². The minimum atomic E-state index is -0.853. The third-order valence-electron chi connectivity index (χ3n) is 7.59. The van der Waals surface area contributed by atoms with E-state index in [1.807, 2.05) is 64.1 Å². The van der Waals surface area contributed by atoms with Crippen LogP contribution in [0.5, 0.6) is 11.5 Å². The lowest BCUT2D eigenvalue weighted by Crippen LogP contribution is -2.21. The highest BCUT2D eigenvalue weighted by Crippen LogP contribution is 2.39. The fourth-order valence-electron chi connectivity index (χ4n) is 6.11. The number of benzene rings is 4. The highest BCUT2D eigenvalue weighted by molar-refractivity contribution is 5.78. The van der Waals surface area contributed by atoms with Gasteiger partial charge in [0.15, 0.2) is 0 Å². The normalized spacial score (nSPS) is 12.9. The van der Waals surface area contributed by atoms with E-state index in [9.17, 15) is 20.4 Å². The van der Waals surface area contributed by atoms with Gasteiger partial charge in [0.05, 0.1) is 12.2 Å². The van der Waals surface area contributed by atoms with Crippen molar-refractivity contribution in [3.05, 3.63) is 105 Å². The Kier molecular flexibility index (Phi) is 8.48. The minimum absolute atomic E-state index is 0.124. The molecule has 0 radical (unpaired) electrons. The summed E-state index contributed by atoms with van der Waals surface area (Å²) in [5.74, 6) is 0.325. The van der Waals surface area contributed by atoms with Gasteiger partial charge in [-0.05, 0) is 92.5 Å². The van der Waals surface area contributed by atoms with Crippen LogP contribution in [-0.4, -0.2) is 32.6 Å². The lowest BCUT2D eigenvalue weighted by molar-refractivity contribution is 0.0803. The van der Waals surface area contributed by atoms with Crippen molar-refractivity contribution in [2.75, 3.05) is 0 Å². The molecular formula is C35H40O4. The number of aliphatic hydroxyl groups is 2. The molecular weight excluding hydrogens is 484 g/mol. The van der Waals surface area contributed by atoms with E-state index in [0.29, 0.717) is 11.1 Å². The smallest absolute Gasteiger partial charge is 0.126 e. The Bertz CT molecular complexity index is 1340. The topological polar surface area (TPSA) is 80.9 Å². The summed E-state index contributed by atoms with van der Waals surface area (Å²) in [6.45, 7) is 12.3. The van der Waals surface area contributed by atoms with E-state index in [2.05, 4.69) is 38.1 Å². The maximum Gasteiger partial charge on any atom is 0.126 e. The molecule has 204 valence electrons. The first-order chi connectivity index (χ1) is 18.5. The second kappa shape index (κ2) is 11.6. The van der Waals surface area contributed by atoms with Gasteiger partial charge in [-0.1, -0.05) is 71.8 Å². The molecule has 4 nitrogen and oxygen atoms in total. The molecule has 4 aromatic carbocycles. The van der Waals surface area contributed by atoms with Gasteiger partial charge in [0.1, 0.15) is 11.5 Å². The van der Waals surface area contributed by atoms with E-state index in [-0.39, 0.29) is 30.8 Å². The van der Waals surface area contributed by atoms with Crippen molar-refractivity contribution in [2.24, 2.45) is 0 Å². The van der Waals surface area contributed by atoms with Gasteiger partial charge in [0.25, 0.3) is 0 Å². The van der Waals surface area contributed by atoms with E-state index in [1.165, 1.54) is 11.1 Å². The van der Waals surface area contributed by atoms with Crippen LogP contribution < -0.4 is 0 Å². The second-order valence-corrected chi connectivity index (χ2v) is 11.1. The van der Waals surface area contributed by atoms with E-state index in [1.54, 1.807) is 0 Å². The molecule has 4 aromatic rings. The molecule has 4 N–H and O–H groups in total. The van der Waals surface area contributed by atoms with E-state index in [4.69, 9.17) is 0 Å². The molecule has 0 spiro atoms. The summed E-state index contributed by atoms with van der Waals surface area (Å²) in [6.07, 6.45) is -1.15. The number of aliphatic hydroxyl groups excluding tert-OH is 2. The van der Waals surface area contributed by atoms with Gasteiger partial charge in [-0.2, -0.15) is 0 Å². The van der Waals surface area contributed by atoms with Gasteiger partial charge in [-0.3, -0.25) is 0 Å². The molecule has 0 fully saturated rings. The molecule has 0 aromatic heterocycles. The van der Waals surface area contributed by atoms with Crippen LogP contribution in [0.4, 0.5) is 0 Å². The van der Waals surface area contributed by atoms with Crippen LogP contribution in [0.2, 0.25) is 0 Å². The zero-order valence-corrected chi connectivity index (χ0v) is 23.8. The predicted octanol–water partition coefficient (Wildman–Crippen LogP) is 7.18. The van der Waals surface area contributed by atoms with Crippen LogP contribution >= 0.6 is 0 Å². The average molecular weight is 525 g/mol. The van der Waals surface area contributed by atoms with Crippen molar-refractivity contribution in [3.8, 4) is 33.8 Å². The molecule has 0 aliphatic heterocycles. The molecule has 0 aliphatic rings. The van der Waals surface area contributed by atoms with Gasteiger partial charge < -0.3 is 20.4 Å². The second-order valence-electron chi connectivity index (χ2n) is 11.1. The molecule has 0 aliphatic carbocycles. The lowest BCUT2D eigenvalue weighted by Gasteiger charge is -2.20. The third-order valence-corrected chi connectivity index (χ3v) is 7.59. The fourth-order valence-corrected chi connectivity index (χ4v) is 6.11. The van der Waals surface area contributed by atoms with Gasteiger partial charge >= 0.3 is 0 Å². The van der Waals surface area contributed by atoms with Gasteiger partial charge in [-0.25, -0.2) is 0 Å². The molecule has 0 saturated carbocycles. The molecule has 0 unspecified atom stereocenters. The Balaban J connectivity index is 1.50. The maximum absolute atomic E-state index is 11.1. The Morgan fingerprint density at radius 3 is 1.21 bits per heavy atom. The quantitative estimate of drug-likeness (QED) is 0.197. The van der Waals surface area contributed by atoms with Crippen LogP contribution in [0.1, 0.15) is 50.9 Å². The summed E-state index contributed by atoms with van der Waals surface area (Å²) >= 11 is 0. The van der Waals surface area contributed by atoms with Crippen molar-refractivity contribution in [1.29, 1.82) is 0 Å². The van der Waals surface area contributed by atoms with Crippen molar-refractivity contribution < 1.29 is 20.4 Å². The monoisotopic (exact) mass is 524 g/mol. The predicted molar refractivity (Wildman–Crippen MR) is 160 cm³/mol. The summed E-state index contributed by atoms with van der Waals surface area (Å²) < 4.78 is 0. The SMILES string of the molecule is Cc1cc(C)c(-c2cccc(C[C@@H](O)C[C@H](O)Cc3cccc(-c4c(C)cc(C)cc4C)c3O)c2O)c(C)c1. The maximum atomic E-state index is 11.1. The molecule has 4 rings (SSSR count). The third kappa shape index (κ3) is 6.19. The lowest BCUT2D eigenvalue weighted by atomic mass is 9.90. The van der Waals surface area contributed by atoms with Crippen molar-refractivity contribution in [2.45, 2.75) is 73.0 Å². The van der Waals surface area contributed by atoms with Crippen LogP contribution in [0, 0.1) is 41.5 Å². The zero-order chi connectivity index (χ0) is 28.4. The number of phenols is 2. The number of hydrogen-bond acceptors (Lipinski definition) is 4. The highest BCUT2D eigenvalue weighted by Gasteiger charge is 2.20. The Morgan fingerprint density at radius 2 is 0.872 bits per heavy atom. The van der Waals surface area contributed by atoms with Crippen LogP contribution in [0.15, 0.2) is 60.7 Å². The van der Waals surface area contributed by atoms with Crippen LogP contribution in [-0.2, 0) is 12.8 Å². The molecule has 2 atom stereocenters. The number of aryl methyl sites for hydroxylation is 6. The Morgan fingerprint density at radius 1 is 0.538 bits per heavy atom. The molecule has 0 saturated heterocycles. The van der Waals surface area contributed by atoms with Gasteiger partial charge in [0.2, 0.25) is 0 Å². The first kappa shape index (κ1) is 28.4. The van der Waals surface area contributed by atoms with Crippen LogP contribution in [0.25, 0.3) is 22.3 Å². The minimum Gasteiger partial charge on any atom is -0.507 e. The summed E-state index contributed by atoms with van der Waals surface area (Å²) in [5, 5.41) is 43.9. The van der Waals surface area contributed by atoms with E-state index in [0.717, 1.165) is 44.5 Å². The van der Waals surface area contributed by atoms with Gasteiger partial charge in [0, 0.05) is 24.0 Å². The summed E-state index contributed by atoms with van der Waals surface area (Å²) in [4.78, 5) is 0. The summed E-state index contributed by atoms with van der Waals surface area (Å²) in [5.41, 5.74) is 11.5.